The molecule has 1 N–H and O–H groups in total. The fraction of sp³-hybridized carbons (Fsp3) is 0.769. The number of methoxy groups -OCH3 is 3. The molecule has 0 spiro atoms. The molecule has 2 atom stereocenters. The molecule has 0 aliphatic rings. The number of carbonyl (C=O) groups is 3. The molecule has 0 aliphatic carbocycles. The third-order valence-corrected chi connectivity index (χ3v) is 2.72. The topological polar surface area (TPSA) is 100 Å². The maximum Gasteiger partial charge on any atom is 0.328 e. The maximum absolute atomic E-state index is 11.7. The summed E-state index contributed by atoms with van der Waals surface area (Å²) in [7, 11) is 3.98. The number of hydrogen-bond acceptors (Lipinski definition) is 7. The van der Waals surface area contributed by atoms with Crippen LogP contribution in [0.4, 0.5) is 0 Å². The first kappa shape index (κ1) is 19.3. The van der Waals surface area contributed by atoms with Crippen LogP contribution in [0.5, 0.6) is 0 Å². The number of ether oxygens (including phenoxy) is 4. The Morgan fingerprint density at radius 1 is 1.05 bits per heavy atom. The van der Waals surface area contributed by atoms with E-state index < -0.39 is 29.8 Å². The van der Waals surface area contributed by atoms with Crippen molar-refractivity contribution < 1.29 is 33.3 Å². The van der Waals surface area contributed by atoms with Crippen LogP contribution in [0.2, 0.25) is 0 Å². The molecule has 0 radical (unpaired) electrons. The average molecular weight is 305 g/mol. The predicted molar refractivity (Wildman–Crippen MR) is 72.4 cm³/mol. The number of nitrogens with one attached hydrogen (secondary N) is 1. The van der Waals surface area contributed by atoms with Crippen molar-refractivity contribution in [3.8, 4) is 0 Å². The average Bonchev–Trinajstić information content (AvgIpc) is 2.48. The van der Waals surface area contributed by atoms with E-state index in [-0.39, 0.29) is 19.6 Å². The molecule has 1 amide bonds. The zero-order chi connectivity index (χ0) is 16.3. The van der Waals surface area contributed by atoms with Gasteiger partial charge in [0.25, 0.3) is 0 Å². The predicted octanol–water partition coefficient (Wildman–Crippen LogP) is -0.494. The van der Waals surface area contributed by atoms with E-state index in [1.165, 1.54) is 21.3 Å². The lowest BCUT2D eigenvalue weighted by Crippen LogP contribution is -2.47. The molecule has 0 rings (SSSR count). The van der Waals surface area contributed by atoms with Gasteiger partial charge in [-0.1, -0.05) is 6.92 Å². The van der Waals surface area contributed by atoms with Gasteiger partial charge < -0.3 is 24.3 Å². The molecular formula is C13H23NO7. The Morgan fingerprint density at radius 2 is 1.71 bits per heavy atom. The Kier molecular flexibility index (Phi) is 10.2. The molecule has 0 aliphatic heterocycles. The molecule has 21 heavy (non-hydrogen) atoms. The highest BCUT2D eigenvalue weighted by Crippen LogP contribution is 2.11. The second-order valence-electron chi connectivity index (χ2n) is 4.37. The van der Waals surface area contributed by atoms with Crippen molar-refractivity contribution in [1.29, 1.82) is 0 Å². The van der Waals surface area contributed by atoms with Gasteiger partial charge in [-0.25, -0.2) is 4.79 Å². The third-order valence-electron chi connectivity index (χ3n) is 2.72. The van der Waals surface area contributed by atoms with Crippen molar-refractivity contribution in [2.45, 2.75) is 19.4 Å². The zero-order valence-electron chi connectivity index (χ0n) is 12.8. The van der Waals surface area contributed by atoms with Crippen molar-refractivity contribution in [2.24, 2.45) is 5.92 Å². The molecule has 0 fully saturated rings. The summed E-state index contributed by atoms with van der Waals surface area (Å²) >= 11 is 0. The van der Waals surface area contributed by atoms with Gasteiger partial charge in [-0.05, 0) is 5.92 Å². The Bertz CT molecular complexity index is 345. The lowest BCUT2D eigenvalue weighted by atomic mass is 9.98. The number of hydrogen-bond donors (Lipinski definition) is 1. The fourth-order valence-corrected chi connectivity index (χ4v) is 1.55. The molecule has 0 saturated carbocycles. The van der Waals surface area contributed by atoms with Gasteiger partial charge in [0.1, 0.15) is 12.6 Å². The van der Waals surface area contributed by atoms with Crippen LogP contribution in [0.25, 0.3) is 0 Å². The third kappa shape index (κ3) is 8.26. The summed E-state index contributed by atoms with van der Waals surface area (Å²) < 4.78 is 19.0. The summed E-state index contributed by atoms with van der Waals surface area (Å²) in [5.41, 5.74) is 0. The van der Waals surface area contributed by atoms with Gasteiger partial charge >= 0.3 is 11.9 Å². The van der Waals surface area contributed by atoms with Crippen molar-refractivity contribution in [2.75, 3.05) is 41.2 Å². The summed E-state index contributed by atoms with van der Waals surface area (Å²) in [6.07, 6.45) is -0.0128. The van der Waals surface area contributed by atoms with Crippen molar-refractivity contribution >= 4 is 17.8 Å². The molecule has 8 heteroatoms. The summed E-state index contributed by atoms with van der Waals surface area (Å²) in [5.74, 6) is -2.04. The second-order valence-corrected chi connectivity index (χ2v) is 4.37. The van der Waals surface area contributed by atoms with E-state index in [9.17, 15) is 14.4 Å². The van der Waals surface area contributed by atoms with Gasteiger partial charge in [-0.2, -0.15) is 0 Å². The molecular weight excluding hydrogens is 282 g/mol. The molecule has 0 saturated heterocycles. The van der Waals surface area contributed by atoms with Crippen molar-refractivity contribution in [3.05, 3.63) is 0 Å². The van der Waals surface area contributed by atoms with Crippen LogP contribution in [0, 0.1) is 5.92 Å². The first-order chi connectivity index (χ1) is 9.96. The molecule has 0 aromatic heterocycles. The van der Waals surface area contributed by atoms with Gasteiger partial charge in [0.2, 0.25) is 5.91 Å². The van der Waals surface area contributed by atoms with Crippen LogP contribution in [0.15, 0.2) is 0 Å². The largest absolute Gasteiger partial charge is 0.469 e. The maximum atomic E-state index is 11.7. The van der Waals surface area contributed by atoms with Gasteiger partial charge in [-0.3, -0.25) is 9.59 Å². The highest BCUT2D eigenvalue weighted by atomic mass is 16.5. The van der Waals surface area contributed by atoms with Gasteiger partial charge in [0.15, 0.2) is 0 Å². The second kappa shape index (κ2) is 11.0. The number of amides is 1. The van der Waals surface area contributed by atoms with Crippen molar-refractivity contribution in [1.82, 2.24) is 5.32 Å². The Hall–Kier alpha value is -1.67. The van der Waals surface area contributed by atoms with Crippen molar-refractivity contribution in [3.63, 3.8) is 0 Å². The van der Waals surface area contributed by atoms with Crippen LogP contribution < -0.4 is 5.32 Å². The normalized spacial score (nSPS) is 13.1. The SMILES string of the molecule is COCCOCC(=O)N[C@@H](C(=O)OC)[C@H](C)CC(=O)OC. The zero-order valence-corrected chi connectivity index (χ0v) is 12.8. The lowest BCUT2D eigenvalue weighted by molar-refractivity contribution is -0.149. The highest BCUT2D eigenvalue weighted by molar-refractivity contribution is 5.85. The summed E-state index contributed by atoms with van der Waals surface area (Å²) in [6, 6.07) is -0.937. The van der Waals surface area contributed by atoms with Crippen LogP contribution in [0.1, 0.15) is 13.3 Å². The lowest BCUT2D eigenvalue weighted by Gasteiger charge is -2.22. The standard InChI is InChI=1S/C13H23NO7/c1-9(7-11(16)19-3)12(13(17)20-4)14-10(15)8-21-6-5-18-2/h9,12H,5-8H2,1-4H3,(H,14,15)/t9-,12-/m1/s1. The highest BCUT2D eigenvalue weighted by Gasteiger charge is 2.29. The summed E-state index contributed by atoms with van der Waals surface area (Å²) in [6.45, 7) is 2.07. The minimum absolute atomic E-state index is 0.0128. The van der Waals surface area contributed by atoms with E-state index in [1.54, 1.807) is 6.92 Å². The Morgan fingerprint density at radius 3 is 2.24 bits per heavy atom. The Balaban J connectivity index is 4.44. The number of esters is 2. The van der Waals surface area contributed by atoms with E-state index in [0.717, 1.165) is 0 Å². The molecule has 0 bridgehead atoms. The number of carbonyl (C=O) groups excluding carboxylic acids is 3. The van der Waals surface area contributed by atoms with Crippen LogP contribution in [-0.2, 0) is 33.3 Å². The van der Waals surface area contributed by atoms with Crippen LogP contribution in [0.3, 0.4) is 0 Å². The molecule has 0 unspecified atom stereocenters. The minimum atomic E-state index is -0.937. The van der Waals surface area contributed by atoms with E-state index in [4.69, 9.17) is 9.47 Å². The molecule has 0 aromatic rings. The quantitative estimate of drug-likeness (QED) is 0.429. The molecule has 0 heterocycles. The first-order valence-electron chi connectivity index (χ1n) is 6.46. The fourth-order valence-electron chi connectivity index (χ4n) is 1.55. The van der Waals surface area contributed by atoms with Crippen LogP contribution in [-0.4, -0.2) is 65.0 Å². The van der Waals surface area contributed by atoms with Gasteiger partial charge in [0.05, 0.1) is 33.9 Å². The van der Waals surface area contributed by atoms with Gasteiger partial charge in [0, 0.05) is 7.11 Å². The van der Waals surface area contributed by atoms with E-state index >= 15 is 0 Å². The Labute approximate surface area is 124 Å². The smallest absolute Gasteiger partial charge is 0.328 e. The van der Waals surface area contributed by atoms with Gasteiger partial charge in [-0.15, -0.1) is 0 Å². The molecule has 8 nitrogen and oxygen atoms in total. The summed E-state index contributed by atoms with van der Waals surface area (Å²) in [5, 5.41) is 2.49. The molecule has 122 valence electrons. The van der Waals surface area contributed by atoms with E-state index in [2.05, 4.69) is 14.8 Å². The number of rotatable bonds is 10. The van der Waals surface area contributed by atoms with Crippen LogP contribution >= 0.6 is 0 Å². The van der Waals surface area contributed by atoms with E-state index in [1.807, 2.05) is 0 Å². The monoisotopic (exact) mass is 305 g/mol. The minimum Gasteiger partial charge on any atom is -0.469 e. The summed E-state index contributed by atoms with van der Waals surface area (Å²) in [4.78, 5) is 34.6. The molecule has 0 aromatic carbocycles. The first-order valence-corrected chi connectivity index (χ1v) is 6.46. The van der Waals surface area contributed by atoms with E-state index in [0.29, 0.717) is 6.61 Å².